The topological polar surface area (TPSA) is 80.0 Å². The van der Waals surface area contributed by atoms with Crippen LogP contribution in [0.2, 0.25) is 0 Å². The molecule has 8 heteroatoms. The maximum Gasteiger partial charge on any atom is 0.191 e. The summed E-state index contributed by atoms with van der Waals surface area (Å²) in [6.45, 7) is 6.27. The first kappa shape index (κ1) is 18.1. The summed E-state index contributed by atoms with van der Waals surface area (Å²) in [6.07, 6.45) is 6.28. The van der Waals surface area contributed by atoms with Crippen LogP contribution in [0.5, 0.6) is 0 Å². The number of pyridine rings is 1. The van der Waals surface area contributed by atoms with Crippen molar-refractivity contribution >= 4 is 17.3 Å². The number of aliphatic imine (C=N–C) groups is 1. The fourth-order valence-electron chi connectivity index (χ4n) is 2.43. The van der Waals surface area contributed by atoms with Crippen molar-refractivity contribution in [2.45, 2.75) is 26.8 Å². The van der Waals surface area contributed by atoms with Gasteiger partial charge >= 0.3 is 0 Å². The second-order valence-electron chi connectivity index (χ2n) is 5.70. The second-order valence-corrected chi connectivity index (χ2v) is 6.76. The number of aromatic nitrogens is 4. The minimum atomic E-state index is 0.571. The summed E-state index contributed by atoms with van der Waals surface area (Å²) < 4.78 is 1.74. The molecule has 0 radical (unpaired) electrons. The van der Waals surface area contributed by atoms with Crippen LogP contribution in [-0.2, 0) is 13.0 Å². The van der Waals surface area contributed by atoms with Crippen LogP contribution in [0.1, 0.15) is 23.2 Å². The Morgan fingerprint density at radius 1 is 1.31 bits per heavy atom. The lowest BCUT2D eigenvalue weighted by Gasteiger charge is -2.11. The van der Waals surface area contributed by atoms with E-state index >= 15 is 0 Å². The number of nitrogens with zero attached hydrogens (tertiary/aromatic N) is 5. The smallest absolute Gasteiger partial charge is 0.191 e. The Morgan fingerprint density at radius 3 is 2.96 bits per heavy atom. The molecule has 0 saturated carbocycles. The zero-order chi connectivity index (χ0) is 18.2. The largest absolute Gasteiger partial charge is 0.357 e. The molecular formula is C18H23N7S. The minimum absolute atomic E-state index is 0.571. The van der Waals surface area contributed by atoms with E-state index in [-0.39, 0.29) is 0 Å². The van der Waals surface area contributed by atoms with Crippen LogP contribution in [0.3, 0.4) is 0 Å². The van der Waals surface area contributed by atoms with E-state index in [9.17, 15) is 0 Å². The van der Waals surface area contributed by atoms with Gasteiger partial charge in [0, 0.05) is 43.5 Å². The van der Waals surface area contributed by atoms with Crippen LogP contribution in [0.25, 0.3) is 5.82 Å². The van der Waals surface area contributed by atoms with Crippen LogP contribution in [-0.4, -0.2) is 38.8 Å². The van der Waals surface area contributed by atoms with Crippen molar-refractivity contribution in [3.63, 3.8) is 0 Å². The molecule has 3 aromatic heterocycles. The molecule has 3 heterocycles. The molecule has 0 aliphatic heterocycles. The van der Waals surface area contributed by atoms with E-state index in [1.54, 1.807) is 28.4 Å². The van der Waals surface area contributed by atoms with Crippen LogP contribution >= 0.6 is 11.3 Å². The molecule has 7 nitrogen and oxygen atoms in total. The van der Waals surface area contributed by atoms with E-state index in [2.05, 4.69) is 43.0 Å². The Morgan fingerprint density at radius 2 is 2.23 bits per heavy atom. The lowest BCUT2D eigenvalue weighted by atomic mass is 10.2. The van der Waals surface area contributed by atoms with E-state index in [4.69, 9.17) is 0 Å². The van der Waals surface area contributed by atoms with Crippen molar-refractivity contribution in [2.75, 3.05) is 13.1 Å². The van der Waals surface area contributed by atoms with E-state index in [1.807, 2.05) is 31.3 Å². The third-order valence-corrected chi connectivity index (χ3v) is 4.48. The Balaban J connectivity index is 1.59. The van der Waals surface area contributed by atoms with Crippen molar-refractivity contribution in [2.24, 2.45) is 4.99 Å². The number of thiazole rings is 1. The van der Waals surface area contributed by atoms with Gasteiger partial charge in [-0.3, -0.25) is 0 Å². The van der Waals surface area contributed by atoms with Crippen LogP contribution in [0.4, 0.5) is 0 Å². The average Bonchev–Trinajstić information content (AvgIpc) is 3.32. The quantitative estimate of drug-likeness (QED) is 0.494. The van der Waals surface area contributed by atoms with Gasteiger partial charge < -0.3 is 10.6 Å². The van der Waals surface area contributed by atoms with Gasteiger partial charge in [0.15, 0.2) is 11.8 Å². The Hall–Kier alpha value is -2.74. The standard InChI is InChI=1S/C18H23N7S/c1-3-19-18(21-9-6-16-13-26-14(2)24-16)22-12-15-5-8-20-17(11-15)25-10-4-7-23-25/h4-5,7-8,10-11,13H,3,6,9,12H2,1-2H3,(H2,19,21,22). The van der Waals surface area contributed by atoms with Gasteiger partial charge in [0.25, 0.3) is 0 Å². The molecule has 0 saturated heterocycles. The summed E-state index contributed by atoms with van der Waals surface area (Å²) in [5.74, 6) is 1.59. The summed E-state index contributed by atoms with van der Waals surface area (Å²) in [7, 11) is 0. The summed E-state index contributed by atoms with van der Waals surface area (Å²) >= 11 is 1.68. The van der Waals surface area contributed by atoms with Crippen molar-refractivity contribution in [3.8, 4) is 5.82 Å². The molecule has 0 unspecified atom stereocenters. The molecule has 2 N–H and O–H groups in total. The zero-order valence-electron chi connectivity index (χ0n) is 15.0. The molecule has 3 aromatic rings. The SMILES string of the molecule is CCNC(=NCc1ccnc(-n2cccn2)c1)NCCc1csc(C)n1. The number of nitrogens with one attached hydrogen (secondary N) is 2. The minimum Gasteiger partial charge on any atom is -0.357 e. The van der Waals surface area contributed by atoms with Gasteiger partial charge in [0.05, 0.1) is 17.2 Å². The lowest BCUT2D eigenvalue weighted by Crippen LogP contribution is -2.38. The van der Waals surface area contributed by atoms with Gasteiger partial charge in [-0.1, -0.05) is 0 Å². The molecule has 26 heavy (non-hydrogen) atoms. The van der Waals surface area contributed by atoms with Gasteiger partial charge in [-0.2, -0.15) is 5.10 Å². The molecule has 0 bridgehead atoms. The van der Waals surface area contributed by atoms with E-state index < -0.39 is 0 Å². The summed E-state index contributed by atoms with van der Waals surface area (Å²) in [6, 6.07) is 5.85. The van der Waals surface area contributed by atoms with Gasteiger partial charge in [0.1, 0.15) is 0 Å². The van der Waals surface area contributed by atoms with Gasteiger partial charge in [-0.25, -0.2) is 19.6 Å². The van der Waals surface area contributed by atoms with Gasteiger partial charge in [0.2, 0.25) is 0 Å². The monoisotopic (exact) mass is 369 g/mol. The number of guanidine groups is 1. The fourth-order valence-corrected chi connectivity index (χ4v) is 3.08. The van der Waals surface area contributed by atoms with Crippen molar-refractivity contribution < 1.29 is 0 Å². The summed E-state index contributed by atoms with van der Waals surface area (Å²) in [5.41, 5.74) is 2.20. The number of hydrogen-bond donors (Lipinski definition) is 2. The first-order valence-electron chi connectivity index (χ1n) is 8.62. The molecule has 0 atom stereocenters. The molecule has 0 aliphatic carbocycles. The molecule has 3 rings (SSSR count). The second kappa shape index (κ2) is 9.10. The summed E-state index contributed by atoms with van der Waals surface area (Å²) in [5, 5.41) is 14.1. The van der Waals surface area contributed by atoms with Gasteiger partial charge in [-0.05, 0) is 37.6 Å². The highest BCUT2D eigenvalue weighted by Crippen LogP contribution is 2.08. The van der Waals surface area contributed by atoms with E-state index in [1.165, 1.54) is 0 Å². The molecule has 0 aromatic carbocycles. The van der Waals surface area contributed by atoms with Crippen LogP contribution in [0, 0.1) is 6.92 Å². The van der Waals surface area contributed by atoms with E-state index in [0.717, 1.165) is 47.6 Å². The maximum absolute atomic E-state index is 4.66. The third-order valence-electron chi connectivity index (χ3n) is 3.65. The number of rotatable bonds is 7. The van der Waals surface area contributed by atoms with Crippen LogP contribution in [0.15, 0.2) is 47.2 Å². The predicted octanol–water partition coefficient (Wildman–Crippen LogP) is 2.33. The van der Waals surface area contributed by atoms with Crippen molar-refractivity contribution in [1.82, 2.24) is 30.4 Å². The average molecular weight is 369 g/mol. The number of hydrogen-bond acceptors (Lipinski definition) is 5. The first-order valence-corrected chi connectivity index (χ1v) is 9.50. The third kappa shape index (κ3) is 5.13. The molecule has 0 aliphatic rings. The van der Waals surface area contributed by atoms with Gasteiger partial charge in [-0.15, -0.1) is 11.3 Å². The molecule has 0 amide bonds. The van der Waals surface area contributed by atoms with Crippen LogP contribution < -0.4 is 10.6 Å². The van der Waals surface area contributed by atoms with Crippen molar-refractivity contribution in [3.05, 3.63) is 58.4 Å². The highest BCUT2D eigenvalue weighted by atomic mass is 32.1. The first-order chi connectivity index (χ1) is 12.7. The fraction of sp³-hybridized carbons (Fsp3) is 0.333. The molecular weight excluding hydrogens is 346 g/mol. The van der Waals surface area contributed by atoms with E-state index in [0.29, 0.717) is 6.54 Å². The highest BCUT2D eigenvalue weighted by molar-refractivity contribution is 7.09. The summed E-state index contributed by atoms with van der Waals surface area (Å²) in [4.78, 5) is 13.5. The molecule has 0 spiro atoms. The number of aryl methyl sites for hydroxylation is 1. The van der Waals surface area contributed by atoms with Crippen molar-refractivity contribution in [1.29, 1.82) is 0 Å². The Labute approximate surface area is 157 Å². The molecule has 136 valence electrons. The highest BCUT2D eigenvalue weighted by Gasteiger charge is 2.02. The maximum atomic E-state index is 4.66. The predicted molar refractivity (Wildman–Crippen MR) is 105 cm³/mol. The normalized spacial score (nSPS) is 11.5. The Kier molecular flexibility index (Phi) is 6.32. The Bertz CT molecular complexity index is 839. The molecule has 0 fully saturated rings. The zero-order valence-corrected chi connectivity index (χ0v) is 15.8. The lowest BCUT2D eigenvalue weighted by molar-refractivity contribution is 0.789.